The highest BCUT2D eigenvalue weighted by molar-refractivity contribution is 5.83. The quantitative estimate of drug-likeness (QED) is 0.824. The molecule has 3 aliphatic rings. The number of nitrogens with one attached hydrogen (secondary N) is 2. The Morgan fingerprint density at radius 1 is 0.800 bits per heavy atom. The van der Waals surface area contributed by atoms with Crippen molar-refractivity contribution in [3.8, 4) is 0 Å². The first-order valence-electron chi connectivity index (χ1n) is 8.15. The summed E-state index contributed by atoms with van der Waals surface area (Å²) in [4.78, 5) is 24.4. The van der Waals surface area contributed by atoms with Gasteiger partial charge in [-0.25, -0.2) is 0 Å². The largest absolute Gasteiger partial charge is 0.353 e. The average molecular weight is 278 g/mol. The van der Waals surface area contributed by atoms with Crippen LogP contribution in [0.1, 0.15) is 52.4 Å². The second-order valence-electron chi connectivity index (χ2n) is 7.22. The summed E-state index contributed by atoms with van der Waals surface area (Å²) in [6.45, 7) is 4.33. The lowest BCUT2D eigenvalue weighted by molar-refractivity contribution is -0.130. The molecule has 6 atom stereocenters. The van der Waals surface area contributed by atoms with Gasteiger partial charge in [0.05, 0.1) is 0 Å². The Balaban J connectivity index is 1.47. The fourth-order valence-corrected chi connectivity index (χ4v) is 3.31. The monoisotopic (exact) mass is 278 g/mol. The lowest BCUT2D eigenvalue weighted by atomic mass is 9.80. The van der Waals surface area contributed by atoms with Crippen LogP contribution in [0.5, 0.6) is 0 Å². The first-order chi connectivity index (χ1) is 9.54. The normalized spacial score (nSPS) is 42.7. The maximum absolute atomic E-state index is 12.2. The second-order valence-corrected chi connectivity index (χ2v) is 7.22. The fraction of sp³-hybridized carbons (Fsp3) is 0.875. The van der Waals surface area contributed by atoms with E-state index in [4.69, 9.17) is 0 Å². The molecule has 0 bridgehead atoms. The van der Waals surface area contributed by atoms with Crippen LogP contribution in [0.25, 0.3) is 0 Å². The summed E-state index contributed by atoms with van der Waals surface area (Å²) in [6, 6.07) is 0.785. The molecule has 2 N–H and O–H groups in total. The minimum absolute atomic E-state index is 0.0453. The summed E-state index contributed by atoms with van der Waals surface area (Å²) >= 11 is 0. The van der Waals surface area contributed by atoms with Crippen LogP contribution >= 0.6 is 0 Å². The van der Waals surface area contributed by atoms with Crippen molar-refractivity contribution in [2.45, 2.75) is 64.5 Å². The number of carbonyl (C=O) groups is 2. The standard InChI is InChI=1S/C16H26N2O2/c1-9-6-13(9)17-15(19)11-4-3-5-12(8-11)16(20)18-14-7-10(14)2/h9-14H,3-8H2,1-2H3,(H,17,19)(H,18,20)/t9-,10+,11-,12+,13-,14-/m0/s1. The lowest BCUT2D eigenvalue weighted by Crippen LogP contribution is -2.40. The van der Waals surface area contributed by atoms with Crippen molar-refractivity contribution < 1.29 is 9.59 Å². The zero-order valence-electron chi connectivity index (χ0n) is 12.5. The van der Waals surface area contributed by atoms with E-state index in [-0.39, 0.29) is 23.7 Å². The number of hydrogen-bond donors (Lipinski definition) is 2. The van der Waals surface area contributed by atoms with Crippen LogP contribution in [0.2, 0.25) is 0 Å². The van der Waals surface area contributed by atoms with E-state index in [1.807, 2.05) is 0 Å². The van der Waals surface area contributed by atoms with Crippen molar-refractivity contribution >= 4 is 11.8 Å². The van der Waals surface area contributed by atoms with Crippen molar-refractivity contribution in [2.24, 2.45) is 23.7 Å². The molecule has 0 radical (unpaired) electrons. The van der Waals surface area contributed by atoms with Gasteiger partial charge in [-0.05, 0) is 43.9 Å². The van der Waals surface area contributed by atoms with Gasteiger partial charge in [0.2, 0.25) is 11.8 Å². The van der Waals surface area contributed by atoms with Gasteiger partial charge in [-0.1, -0.05) is 20.3 Å². The maximum atomic E-state index is 12.2. The van der Waals surface area contributed by atoms with Crippen molar-refractivity contribution in [3.05, 3.63) is 0 Å². The van der Waals surface area contributed by atoms with Crippen LogP contribution in [0.4, 0.5) is 0 Å². The molecule has 3 saturated carbocycles. The van der Waals surface area contributed by atoms with Gasteiger partial charge in [-0.2, -0.15) is 0 Å². The number of hydrogen-bond acceptors (Lipinski definition) is 2. The summed E-state index contributed by atoms with van der Waals surface area (Å²) in [6.07, 6.45) is 5.84. The molecule has 0 heterocycles. The summed E-state index contributed by atoms with van der Waals surface area (Å²) in [7, 11) is 0. The highest BCUT2D eigenvalue weighted by Crippen LogP contribution is 2.34. The van der Waals surface area contributed by atoms with Gasteiger partial charge in [-0.3, -0.25) is 9.59 Å². The average Bonchev–Trinajstić information content (AvgIpc) is 3.31. The molecule has 4 nitrogen and oxygen atoms in total. The molecule has 2 amide bonds. The summed E-state index contributed by atoms with van der Waals surface area (Å²) in [5.41, 5.74) is 0. The molecule has 3 rings (SSSR count). The van der Waals surface area contributed by atoms with Crippen LogP contribution in [0, 0.1) is 23.7 Å². The van der Waals surface area contributed by atoms with Gasteiger partial charge in [0.15, 0.2) is 0 Å². The molecule has 3 aliphatic carbocycles. The summed E-state index contributed by atoms with van der Waals surface area (Å²) in [5, 5.41) is 6.24. The van der Waals surface area contributed by atoms with E-state index in [1.54, 1.807) is 0 Å². The minimum Gasteiger partial charge on any atom is -0.353 e. The molecule has 0 aromatic rings. The highest BCUT2D eigenvalue weighted by Gasteiger charge is 2.39. The first-order valence-corrected chi connectivity index (χ1v) is 8.15. The summed E-state index contributed by atoms with van der Waals surface area (Å²) < 4.78 is 0. The zero-order chi connectivity index (χ0) is 14.3. The molecule has 112 valence electrons. The Morgan fingerprint density at radius 2 is 1.20 bits per heavy atom. The van der Waals surface area contributed by atoms with Crippen molar-refractivity contribution in [3.63, 3.8) is 0 Å². The predicted molar refractivity (Wildman–Crippen MR) is 76.9 cm³/mol. The summed E-state index contributed by atoms with van der Waals surface area (Å²) in [5.74, 6) is 1.72. The van der Waals surface area contributed by atoms with Gasteiger partial charge < -0.3 is 10.6 Å². The molecular formula is C16H26N2O2. The fourth-order valence-electron chi connectivity index (χ4n) is 3.31. The molecular weight excluding hydrogens is 252 g/mol. The number of rotatable bonds is 4. The smallest absolute Gasteiger partial charge is 0.223 e. The first kappa shape index (κ1) is 13.9. The van der Waals surface area contributed by atoms with Crippen LogP contribution in [-0.4, -0.2) is 23.9 Å². The Bertz CT molecular complexity index is 373. The minimum atomic E-state index is 0.0453. The third-order valence-corrected chi connectivity index (χ3v) is 5.29. The number of carbonyl (C=O) groups excluding carboxylic acids is 2. The number of amides is 2. The van der Waals surface area contributed by atoms with Crippen LogP contribution in [-0.2, 0) is 9.59 Å². The van der Waals surface area contributed by atoms with Gasteiger partial charge in [0.1, 0.15) is 0 Å². The third-order valence-electron chi connectivity index (χ3n) is 5.29. The maximum Gasteiger partial charge on any atom is 0.223 e. The zero-order valence-corrected chi connectivity index (χ0v) is 12.5. The molecule has 0 aromatic carbocycles. The second kappa shape index (κ2) is 5.38. The molecule has 20 heavy (non-hydrogen) atoms. The molecule has 0 aliphatic heterocycles. The molecule has 4 heteroatoms. The lowest BCUT2D eigenvalue weighted by Gasteiger charge is -2.27. The molecule has 3 fully saturated rings. The van der Waals surface area contributed by atoms with Crippen molar-refractivity contribution in [1.29, 1.82) is 0 Å². The van der Waals surface area contributed by atoms with Crippen LogP contribution in [0.15, 0.2) is 0 Å². The van der Waals surface area contributed by atoms with E-state index >= 15 is 0 Å². The van der Waals surface area contributed by atoms with E-state index in [2.05, 4.69) is 24.5 Å². The molecule has 0 saturated heterocycles. The predicted octanol–water partition coefficient (Wildman–Crippen LogP) is 1.84. The van der Waals surface area contributed by atoms with E-state index in [0.29, 0.717) is 23.9 Å². The highest BCUT2D eigenvalue weighted by atomic mass is 16.2. The Kier molecular flexibility index (Phi) is 3.74. The van der Waals surface area contributed by atoms with E-state index < -0.39 is 0 Å². The van der Waals surface area contributed by atoms with E-state index in [9.17, 15) is 9.59 Å². The Labute approximate surface area is 121 Å². The topological polar surface area (TPSA) is 58.2 Å². The van der Waals surface area contributed by atoms with E-state index in [1.165, 1.54) is 0 Å². The van der Waals surface area contributed by atoms with Gasteiger partial charge in [0.25, 0.3) is 0 Å². The Hall–Kier alpha value is -1.06. The molecule has 0 spiro atoms. The van der Waals surface area contributed by atoms with Crippen molar-refractivity contribution in [2.75, 3.05) is 0 Å². The molecule has 0 aromatic heterocycles. The third kappa shape index (κ3) is 3.15. The molecule has 0 unspecified atom stereocenters. The SMILES string of the molecule is C[C@@H]1C[C@@H]1NC(=O)[C@@H]1CCC[C@H](C(=O)N[C@H]2C[C@@H]2C)C1. The van der Waals surface area contributed by atoms with Crippen LogP contribution in [0.3, 0.4) is 0 Å². The van der Waals surface area contributed by atoms with E-state index in [0.717, 1.165) is 38.5 Å². The van der Waals surface area contributed by atoms with Gasteiger partial charge in [0, 0.05) is 23.9 Å². The van der Waals surface area contributed by atoms with Crippen molar-refractivity contribution in [1.82, 2.24) is 10.6 Å². The van der Waals surface area contributed by atoms with Gasteiger partial charge in [-0.15, -0.1) is 0 Å². The Morgan fingerprint density at radius 3 is 1.55 bits per heavy atom. The van der Waals surface area contributed by atoms with Crippen LogP contribution < -0.4 is 10.6 Å². The van der Waals surface area contributed by atoms with Gasteiger partial charge >= 0.3 is 0 Å².